The van der Waals surface area contributed by atoms with E-state index in [1.807, 2.05) is 0 Å². The average Bonchev–Trinajstić information content (AvgIpc) is 2.81. The van der Waals surface area contributed by atoms with Gasteiger partial charge in [-0.1, -0.05) is 19.1 Å². The number of aromatic nitrogens is 1. The molecule has 2 aromatic rings. The van der Waals surface area contributed by atoms with Crippen LogP contribution in [0.3, 0.4) is 0 Å². The second kappa shape index (κ2) is 6.57. The second-order valence-corrected chi connectivity index (χ2v) is 4.53. The van der Waals surface area contributed by atoms with E-state index in [0.717, 1.165) is 26.2 Å². The monoisotopic (exact) mass is 246 g/mol. The smallest absolute Gasteiger partial charge is 0.0641 e. The molecule has 0 atom stereocenters. The summed E-state index contributed by atoms with van der Waals surface area (Å²) < 4.78 is 7.39. The zero-order valence-corrected chi connectivity index (χ0v) is 11.3. The molecule has 2 rings (SSSR count). The van der Waals surface area contributed by atoms with E-state index < -0.39 is 0 Å². The average molecular weight is 246 g/mol. The van der Waals surface area contributed by atoms with E-state index in [4.69, 9.17) is 4.74 Å². The van der Waals surface area contributed by atoms with Crippen molar-refractivity contribution in [2.24, 2.45) is 0 Å². The Morgan fingerprint density at radius 3 is 2.94 bits per heavy atom. The fourth-order valence-electron chi connectivity index (χ4n) is 2.23. The summed E-state index contributed by atoms with van der Waals surface area (Å²) in [7, 11) is 1.74. The minimum atomic E-state index is 0.752. The Labute approximate surface area is 109 Å². The molecule has 98 valence electrons. The van der Waals surface area contributed by atoms with Crippen molar-refractivity contribution in [1.29, 1.82) is 0 Å². The lowest BCUT2D eigenvalue weighted by atomic mass is 10.1. The number of fused-ring (bicyclic) bond motifs is 1. The predicted molar refractivity (Wildman–Crippen MR) is 75.8 cm³/mol. The maximum atomic E-state index is 5.14. The first kappa shape index (κ1) is 13.1. The molecular weight excluding hydrogens is 224 g/mol. The Morgan fingerprint density at radius 1 is 1.28 bits per heavy atom. The van der Waals surface area contributed by atoms with Crippen molar-refractivity contribution in [3.05, 3.63) is 36.0 Å². The van der Waals surface area contributed by atoms with E-state index in [1.165, 1.54) is 22.9 Å². The highest BCUT2D eigenvalue weighted by Gasteiger charge is 2.04. The zero-order chi connectivity index (χ0) is 12.8. The lowest BCUT2D eigenvalue weighted by molar-refractivity contribution is 0.188. The van der Waals surface area contributed by atoms with E-state index in [-0.39, 0.29) is 0 Å². The van der Waals surface area contributed by atoms with Gasteiger partial charge in [-0.2, -0.15) is 0 Å². The Kier molecular flexibility index (Phi) is 4.79. The van der Waals surface area contributed by atoms with Gasteiger partial charge in [-0.3, -0.25) is 0 Å². The normalized spacial score (nSPS) is 11.2. The van der Waals surface area contributed by atoms with Crippen LogP contribution < -0.4 is 5.32 Å². The Bertz CT molecular complexity index is 490. The summed E-state index contributed by atoms with van der Waals surface area (Å²) in [6.45, 7) is 5.86. The summed E-state index contributed by atoms with van der Waals surface area (Å²) in [4.78, 5) is 0. The lowest BCUT2D eigenvalue weighted by Crippen LogP contribution is -2.13. The minimum absolute atomic E-state index is 0.752. The SMILES string of the molecule is CCCNCc1cccc2c1ccn2CCOC. The van der Waals surface area contributed by atoms with Crippen LogP contribution in [0.15, 0.2) is 30.5 Å². The molecule has 18 heavy (non-hydrogen) atoms. The highest BCUT2D eigenvalue weighted by Crippen LogP contribution is 2.20. The lowest BCUT2D eigenvalue weighted by Gasteiger charge is -2.07. The molecular formula is C15H22N2O. The number of methoxy groups -OCH3 is 1. The van der Waals surface area contributed by atoms with E-state index >= 15 is 0 Å². The van der Waals surface area contributed by atoms with Crippen molar-refractivity contribution in [3.8, 4) is 0 Å². The van der Waals surface area contributed by atoms with Gasteiger partial charge in [0.15, 0.2) is 0 Å². The number of rotatable bonds is 7. The first-order chi connectivity index (χ1) is 8.86. The first-order valence-electron chi connectivity index (χ1n) is 6.63. The predicted octanol–water partition coefficient (Wildman–Crippen LogP) is 2.79. The van der Waals surface area contributed by atoms with Gasteiger partial charge >= 0.3 is 0 Å². The van der Waals surface area contributed by atoms with Crippen molar-refractivity contribution >= 4 is 10.9 Å². The molecule has 1 N–H and O–H groups in total. The van der Waals surface area contributed by atoms with Crippen LogP contribution in [0, 0.1) is 0 Å². The molecule has 0 spiro atoms. The number of ether oxygens (including phenoxy) is 1. The van der Waals surface area contributed by atoms with E-state index in [0.29, 0.717) is 0 Å². The summed E-state index contributed by atoms with van der Waals surface area (Å²) in [5, 5.41) is 4.81. The standard InChI is InChI=1S/C15H22N2O/c1-3-8-16-12-13-5-4-6-15-14(13)7-9-17(15)10-11-18-2/h4-7,9,16H,3,8,10-12H2,1-2H3. The van der Waals surface area contributed by atoms with Crippen LogP contribution in [0.2, 0.25) is 0 Å². The quantitative estimate of drug-likeness (QED) is 0.760. The third kappa shape index (κ3) is 2.92. The highest BCUT2D eigenvalue weighted by molar-refractivity contribution is 5.83. The molecule has 0 radical (unpaired) electrons. The molecule has 1 heterocycles. The maximum Gasteiger partial charge on any atom is 0.0641 e. The third-order valence-corrected chi connectivity index (χ3v) is 3.18. The van der Waals surface area contributed by atoms with Crippen molar-refractivity contribution in [1.82, 2.24) is 9.88 Å². The van der Waals surface area contributed by atoms with E-state index in [1.54, 1.807) is 7.11 Å². The van der Waals surface area contributed by atoms with E-state index in [9.17, 15) is 0 Å². The van der Waals surface area contributed by atoms with Crippen molar-refractivity contribution < 1.29 is 4.74 Å². The van der Waals surface area contributed by atoms with Gasteiger partial charge in [0, 0.05) is 37.3 Å². The molecule has 0 aliphatic heterocycles. The third-order valence-electron chi connectivity index (χ3n) is 3.18. The summed E-state index contributed by atoms with van der Waals surface area (Å²) in [5.74, 6) is 0. The highest BCUT2D eigenvalue weighted by atomic mass is 16.5. The number of nitrogens with one attached hydrogen (secondary N) is 1. The van der Waals surface area contributed by atoms with Crippen LogP contribution in [-0.4, -0.2) is 24.8 Å². The Balaban J connectivity index is 2.19. The maximum absolute atomic E-state index is 5.14. The summed E-state index contributed by atoms with van der Waals surface area (Å²) in [6.07, 6.45) is 3.32. The van der Waals surface area contributed by atoms with Crippen LogP contribution in [0.4, 0.5) is 0 Å². The van der Waals surface area contributed by atoms with Crippen LogP contribution in [0.25, 0.3) is 10.9 Å². The molecule has 3 heteroatoms. The minimum Gasteiger partial charge on any atom is -0.383 e. The molecule has 0 saturated heterocycles. The molecule has 1 aromatic heterocycles. The van der Waals surface area contributed by atoms with Gasteiger partial charge in [-0.05, 0) is 30.7 Å². The largest absolute Gasteiger partial charge is 0.383 e. The van der Waals surface area contributed by atoms with Gasteiger partial charge in [0.25, 0.3) is 0 Å². The number of hydrogen-bond donors (Lipinski definition) is 1. The van der Waals surface area contributed by atoms with Crippen LogP contribution >= 0.6 is 0 Å². The van der Waals surface area contributed by atoms with Crippen LogP contribution in [-0.2, 0) is 17.8 Å². The van der Waals surface area contributed by atoms with Crippen molar-refractivity contribution in [3.63, 3.8) is 0 Å². The molecule has 0 aliphatic rings. The fourth-order valence-corrected chi connectivity index (χ4v) is 2.23. The van der Waals surface area contributed by atoms with Gasteiger partial charge < -0.3 is 14.6 Å². The van der Waals surface area contributed by atoms with Gasteiger partial charge in [-0.25, -0.2) is 0 Å². The van der Waals surface area contributed by atoms with Crippen LogP contribution in [0.1, 0.15) is 18.9 Å². The zero-order valence-electron chi connectivity index (χ0n) is 11.3. The summed E-state index contributed by atoms with van der Waals surface area (Å²) in [5.41, 5.74) is 2.67. The Morgan fingerprint density at radius 2 is 2.17 bits per heavy atom. The fraction of sp³-hybridized carbons (Fsp3) is 0.467. The van der Waals surface area contributed by atoms with Gasteiger partial charge in [0.1, 0.15) is 0 Å². The molecule has 0 saturated carbocycles. The van der Waals surface area contributed by atoms with Gasteiger partial charge in [-0.15, -0.1) is 0 Å². The summed E-state index contributed by atoms with van der Waals surface area (Å²) >= 11 is 0. The van der Waals surface area contributed by atoms with Gasteiger partial charge in [0.05, 0.1) is 6.61 Å². The van der Waals surface area contributed by atoms with Gasteiger partial charge in [0.2, 0.25) is 0 Å². The number of nitrogens with zero attached hydrogens (tertiary/aromatic N) is 1. The summed E-state index contributed by atoms with van der Waals surface area (Å²) in [6, 6.07) is 8.71. The number of benzene rings is 1. The second-order valence-electron chi connectivity index (χ2n) is 4.53. The topological polar surface area (TPSA) is 26.2 Å². The molecule has 0 aliphatic carbocycles. The molecule has 0 amide bonds. The molecule has 1 aromatic carbocycles. The van der Waals surface area contributed by atoms with E-state index in [2.05, 4.69) is 47.3 Å². The van der Waals surface area contributed by atoms with Crippen LogP contribution in [0.5, 0.6) is 0 Å². The number of hydrogen-bond acceptors (Lipinski definition) is 2. The molecule has 0 unspecified atom stereocenters. The first-order valence-corrected chi connectivity index (χ1v) is 6.63. The molecule has 3 nitrogen and oxygen atoms in total. The molecule has 0 bridgehead atoms. The van der Waals surface area contributed by atoms with Crippen molar-refractivity contribution in [2.75, 3.05) is 20.3 Å². The Hall–Kier alpha value is -1.32. The molecule has 0 fully saturated rings. The van der Waals surface area contributed by atoms with Crippen molar-refractivity contribution in [2.45, 2.75) is 26.4 Å².